The summed E-state index contributed by atoms with van der Waals surface area (Å²) in [7, 11) is -0.400. The lowest BCUT2D eigenvalue weighted by atomic mass is 10.5. The molecule has 0 aliphatic rings. The van der Waals surface area contributed by atoms with E-state index in [0.717, 1.165) is 0 Å². The highest BCUT2D eigenvalue weighted by Gasteiger charge is 2.34. The van der Waals surface area contributed by atoms with Crippen LogP contribution in [0, 0.1) is 0 Å². The van der Waals surface area contributed by atoms with Crippen molar-refractivity contribution < 1.29 is 23.6 Å². The average molecular weight is 372 g/mol. The number of aromatic nitrogens is 4. The average Bonchev–Trinajstić information content (AvgIpc) is 2.98. The Balaban J connectivity index is 1.88. The smallest absolute Gasteiger partial charge is 0.368 e. The molecule has 0 atom stereocenters. The molecule has 0 radical (unpaired) electrons. The zero-order valence-corrected chi connectivity index (χ0v) is 14.9. The number of hydrogen-bond acceptors (Lipinski definition) is 10. The summed E-state index contributed by atoms with van der Waals surface area (Å²) in [5, 5.41) is 0. The minimum absolute atomic E-state index is 0.0337. The van der Waals surface area contributed by atoms with Crippen molar-refractivity contribution in [3.63, 3.8) is 0 Å². The standard InChI is InChI=1S/C13H21N6O5P/c1-3-21-13(25-20,22-4-2)23-6-5-7-24-19-8-16-9-10(14)17-12(15)18-11(9)19/h8H,3-7H2,1-2H3,(H4,14,15,17,18). The maximum atomic E-state index is 11.3. The van der Waals surface area contributed by atoms with Gasteiger partial charge in [-0.15, -0.1) is 0 Å². The molecule has 12 heteroatoms. The first-order chi connectivity index (χ1) is 12.0. The molecule has 25 heavy (non-hydrogen) atoms. The first-order valence-electron chi connectivity index (χ1n) is 7.71. The Kier molecular flexibility index (Phi) is 6.82. The third kappa shape index (κ3) is 4.73. The van der Waals surface area contributed by atoms with Crippen LogP contribution in [-0.4, -0.2) is 51.8 Å². The molecule has 0 saturated carbocycles. The van der Waals surface area contributed by atoms with Gasteiger partial charge in [0, 0.05) is 6.42 Å². The lowest BCUT2D eigenvalue weighted by molar-refractivity contribution is -0.318. The van der Waals surface area contributed by atoms with Crippen molar-refractivity contribution in [2.75, 3.05) is 37.9 Å². The Labute approximate surface area is 145 Å². The molecule has 0 fully saturated rings. The van der Waals surface area contributed by atoms with Gasteiger partial charge >= 0.3 is 5.71 Å². The van der Waals surface area contributed by atoms with Crippen molar-refractivity contribution in [3.8, 4) is 0 Å². The molecule has 0 aromatic carbocycles. The molecular weight excluding hydrogens is 351 g/mol. The molecule has 138 valence electrons. The third-order valence-electron chi connectivity index (χ3n) is 2.98. The van der Waals surface area contributed by atoms with Gasteiger partial charge in [0.2, 0.25) is 11.6 Å². The fraction of sp³-hybridized carbons (Fsp3) is 0.615. The molecule has 0 unspecified atom stereocenters. The van der Waals surface area contributed by atoms with Gasteiger partial charge in [-0.2, -0.15) is 14.7 Å². The predicted octanol–water partition coefficient (Wildman–Crippen LogP) is 0.802. The van der Waals surface area contributed by atoms with Crippen LogP contribution in [-0.2, 0) is 18.8 Å². The van der Waals surface area contributed by atoms with Crippen molar-refractivity contribution in [2.24, 2.45) is 0 Å². The number of ether oxygens (including phenoxy) is 3. The molecule has 2 heterocycles. The highest BCUT2D eigenvalue weighted by atomic mass is 31.1. The van der Waals surface area contributed by atoms with E-state index in [1.54, 1.807) is 13.8 Å². The Morgan fingerprint density at radius 2 is 1.88 bits per heavy atom. The second-order valence-electron chi connectivity index (χ2n) is 4.73. The first-order valence-corrected chi connectivity index (χ1v) is 8.52. The molecule has 0 spiro atoms. The Morgan fingerprint density at radius 1 is 1.16 bits per heavy atom. The highest BCUT2D eigenvalue weighted by Crippen LogP contribution is 2.28. The quantitative estimate of drug-likeness (QED) is 0.329. The summed E-state index contributed by atoms with van der Waals surface area (Å²) in [5.74, 6) is 0.215. The summed E-state index contributed by atoms with van der Waals surface area (Å²) >= 11 is 0. The number of fused-ring (bicyclic) bond motifs is 1. The van der Waals surface area contributed by atoms with Crippen molar-refractivity contribution in [1.29, 1.82) is 0 Å². The molecule has 0 saturated heterocycles. The number of nitrogens with two attached hydrogens (primary N) is 2. The largest absolute Gasteiger partial charge is 0.411 e. The fourth-order valence-electron chi connectivity index (χ4n) is 2.01. The highest BCUT2D eigenvalue weighted by molar-refractivity contribution is 7.25. The normalized spacial score (nSPS) is 12.1. The van der Waals surface area contributed by atoms with E-state index >= 15 is 0 Å². The zero-order chi connectivity index (χ0) is 18.3. The molecule has 0 bridgehead atoms. The second-order valence-corrected chi connectivity index (χ2v) is 5.46. The van der Waals surface area contributed by atoms with Gasteiger partial charge < -0.3 is 30.5 Å². The molecule has 2 aromatic heterocycles. The van der Waals surface area contributed by atoms with E-state index in [2.05, 4.69) is 15.0 Å². The van der Waals surface area contributed by atoms with Gasteiger partial charge in [0.05, 0.1) is 19.8 Å². The van der Waals surface area contributed by atoms with E-state index in [9.17, 15) is 4.57 Å². The van der Waals surface area contributed by atoms with Crippen LogP contribution in [0.3, 0.4) is 0 Å². The van der Waals surface area contributed by atoms with E-state index < -0.39 is 14.2 Å². The topological polar surface area (TPSA) is 150 Å². The number of hydrogen-bond donors (Lipinski definition) is 2. The second kappa shape index (κ2) is 8.86. The first kappa shape index (κ1) is 19.3. The number of nitrogens with zero attached hydrogens (tertiary/aromatic N) is 4. The van der Waals surface area contributed by atoms with Gasteiger partial charge in [0.15, 0.2) is 11.3 Å². The zero-order valence-electron chi connectivity index (χ0n) is 14.0. The monoisotopic (exact) mass is 372 g/mol. The summed E-state index contributed by atoms with van der Waals surface area (Å²) in [6.07, 6.45) is 1.91. The number of anilines is 2. The van der Waals surface area contributed by atoms with Gasteiger partial charge in [-0.25, -0.2) is 4.98 Å². The summed E-state index contributed by atoms with van der Waals surface area (Å²) in [6.45, 7) is 4.61. The van der Waals surface area contributed by atoms with Crippen LogP contribution in [0.15, 0.2) is 6.33 Å². The van der Waals surface area contributed by atoms with E-state index in [-0.39, 0.29) is 25.0 Å². The molecule has 2 rings (SSSR count). The maximum absolute atomic E-state index is 11.3. The predicted molar refractivity (Wildman–Crippen MR) is 89.8 cm³/mol. The van der Waals surface area contributed by atoms with E-state index in [4.69, 9.17) is 30.5 Å². The van der Waals surface area contributed by atoms with Crippen LogP contribution in [0.1, 0.15) is 20.3 Å². The maximum Gasteiger partial charge on any atom is 0.368 e. The van der Waals surface area contributed by atoms with E-state index in [1.807, 2.05) is 0 Å². The summed E-state index contributed by atoms with van der Waals surface area (Å²) in [6, 6.07) is 0. The number of nitrogen functional groups attached to an aromatic ring is 2. The minimum Gasteiger partial charge on any atom is -0.411 e. The van der Waals surface area contributed by atoms with Crippen LogP contribution in [0.25, 0.3) is 11.2 Å². The van der Waals surface area contributed by atoms with Gasteiger partial charge in [0.25, 0.3) is 8.46 Å². The van der Waals surface area contributed by atoms with Gasteiger partial charge in [0.1, 0.15) is 12.9 Å². The fourth-order valence-corrected chi connectivity index (χ4v) is 2.51. The number of imidazole rings is 1. The summed E-state index contributed by atoms with van der Waals surface area (Å²) < 4.78 is 28.7. The summed E-state index contributed by atoms with van der Waals surface area (Å²) in [5.41, 5.74) is 10.5. The summed E-state index contributed by atoms with van der Waals surface area (Å²) in [4.78, 5) is 17.5. The Hall–Kier alpha value is -2.07. The minimum atomic E-state index is -1.58. The third-order valence-corrected chi connectivity index (χ3v) is 3.59. The van der Waals surface area contributed by atoms with E-state index in [1.165, 1.54) is 11.1 Å². The molecule has 11 nitrogen and oxygen atoms in total. The lowest BCUT2D eigenvalue weighted by Gasteiger charge is -2.25. The van der Waals surface area contributed by atoms with Crippen LogP contribution >= 0.6 is 8.46 Å². The SMILES string of the molecule is CCOC(OCC)(OCCCOn1cnc2c(N)nc(N)nc21)P=O. The Bertz CT molecular complexity index is 706. The van der Waals surface area contributed by atoms with Crippen molar-refractivity contribution in [2.45, 2.75) is 26.0 Å². The molecule has 0 amide bonds. The van der Waals surface area contributed by atoms with Gasteiger partial charge in [-0.05, 0) is 13.8 Å². The molecule has 4 N–H and O–H groups in total. The molecule has 0 aliphatic heterocycles. The molecule has 2 aromatic rings. The van der Waals surface area contributed by atoms with Crippen LogP contribution in [0.2, 0.25) is 0 Å². The van der Waals surface area contributed by atoms with Crippen LogP contribution < -0.4 is 16.3 Å². The number of rotatable bonds is 11. The molecular formula is C13H21N6O5P. The lowest BCUT2D eigenvalue weighted by Crippen LogP contribution is -2.34. The van der Waals surface area contributed by atoms with E-state index in [0.29, 0.717) is 30.8 Å². The molecule has 0 aliphatic carbocycles. The van der Waals surface area contributed by atoms with Gasteiger partial charge in [-0.3, -0.25) is 4.57 Å². The van der Waals surface area contributed by atoms with Gasteiger partial charge in [-0.1, -0.05) is 0 Å². The van der Waals surface area contributed by atoms with Crippen molar-refractivity contribution >= 4 is 31.4 Å². The van der Waals surface area contributed by atoms with Crippen LogP contribution in [0.5, 0.6) is 0 Å². The van der Waals surface area contributed by atoms with Crippen LogP contribution in [0.4, 0.5) is 11.8 Å². The van der Waals surface area contributed by atoms with Crippen molar-refractivity contribution in [3.05, 3.63) is 6.33 Å². The van der Waals surface area contributed by atoms with Crippen molar-refractivity contribution in [1.82, 2.24) is 19.7 Å². The Morgan fingerprint density at radius 3 is 2.52 bits per heavy atom.